The maximum Gasteiger partial charge on any atom is 0.280 e. The molecule has 114 valence electrons. The Labute approximate surface area is 127 Å². The van der Waals surface area contributed by atoms with Gasteiger partial charge in [0.15, 0.2) is 11.2 Å². The van der Waals surface area contributed by atoms with Crippen LogP contribution in [0, 0.1) is 11.8 Å². The second-order valence-electron chi connectivity index (χ2n) is 6.40. The van der Waals surface area contributed by atoms with Gasteiger partial charge in [0.2, 0.25) is 0 Å². The summed E-state index contributed by atoms with van der Waals surface area (Å²) < 4.78 is 3.52. The molecule has 1 saturated carbocycles. The van der Waals surface area contributed by atoms with E-state index in [2.05, 4.69) is 29.1 Å². The first-order valence-corrected chi connectivity index (χ1v) is 7.88. The molecule has 1 fully saturated rings. The Kier molecular flexibility index (Phi) is 2.99. The molecule has 0 spiro atoms. The lowest BCUT2D eigenvalue weighted by atomic mass is 9.78. The van der Waals surface area contributed by atoms with E-state index in [1.165, 1.54) is 12.8 Å². The molecule has 3 heterocycles. The highest BCUT2D eigenvalue weighted by molar-refractivity contribution is 5.74. The van der Waals surface area contributed by atoms with Crippen LogP contribution in [0.15, 0.2) is 29.3 Å². The van der Waals surface area contributed by atoms with Gasteiger partial charge in [-0.05, 0) is 24.3 Å². The fraction of sp³-hybridized carbons (Fsp3) is 0.500. The van der Waals surface area contributed by atoms with Crippen molar-refractivity contribution in [3.05, 3.63) is 34.9 Å². The summed E-state index contributed by atoms with van der Waals surface area (Å²) in [5.41, 5.74) is 1.70. The second-order valence-corrected chi connectivity index (χ2v) is 6.40. The van der Waals surface area contributed by atoms with E-state index in [1.807, 2.05) is 16.8 Å². The van der Waals surface area contributed by atoms with Crippen molar-refractivity contribution >= 4 is 16.7 Å². The first-order valence-electron chi connectivity index (χ1n) is 7.88. The van der Waals surface area contributed by atoms with Crippen LogP contribution in [0.2, 0.25) is 0 Å². The standard InChI is InChI=1S/C16H19N5O/c1-10-4-3-5-12(11(10)2)20-9-7-13-15(16(20)22)19-18-14-6-8-17-21(13)14/h6-12H,3-5H2,1-2H3/t10-,11+,12+/m0/s1. The molecular weight excluding hydrogens is 278 g/mol. The maximum absolute atomic E-state index is 12.9. The summed E-state index contributed by atoms with van der Waals surface area (Å²) in [6.45, 7) is 4.52. The molecule has 1 aliphatic carbocycles. The Hall–Kier alpha value is -2.24. The zero-order valence-corrected chi connectivity index (χ0v) is 12.8. The number of aromatic nitrogens is 5. The molecule has 3 aromatic rings. The number of hydrogen-bond acceptors (Lipinski definition) is 4. The SMILES string of the molecule is C[C@H]1[C@H](n2ccc3c(nnc4ccnn43)c2=O)CCC[C@@H]1C. The molecule has 0 aromatic carbocycles. The zero-order chi connectivity index (χ0) is 15.3. The molecule has 0 radical (unpaired) electrons. The van der Waals surface area contributed by atoms with Crippen LogP contribution in [0.1, 0.15) is 39.2 Å². The van der Waals surface area contributed by atoms with Crippen LogP contribution >= 0.6 is 0 Å². The highest BCUT2D eigenvalue weighted by atomic mass is 16.1. The van der Waals surface area contributed by atoms with Crippen LogP contribution in [0.3, 0.4) is 0 Å². The van der Waals surface area contributed by atoms with E-state index < -0.39 is 0 Å². The van der Waals surface area contributed by atoms with Crippen molar-refractivity contribution in [2.45, 2.75) is 39.2 Å². The molecule has 0 unspecified atom stereocenters. The summed E-state index contributed by atoms with van der Waals surface area (Å²) in [4.78, 5) is 12.9. The van der Waals surface area contributed by atoms with Gasteiger partial charge >= 0.3 is 0 Å². The Balaban J connectivity index is 1.91. The molecule has 0 saturated heterocycles. The smallest absolute Gasteiger partial charge is 0.280 e. The Morgan fingerprint density at radius 3 is 2.91 bits per heavy atom. The minimum Gasteiger partial charge on any atom is -0.310 e. The predicted molar refractivity (Wildman–Crippen MR) is 83.8 cm³/mol. The number of rotatable bonds is 1. The zero-order valence-electron chi connectivity index (χ0n) is 12.8. The maximum atomic E-state index is 12.9. The molecule has 0 N–H and O–H groups in total. The lowest BCUT2D eigenvalue weighted by molar-refractivity contribution is 0.183. The average Bonchev–Trinajstić information content (AvgIpc) is 3.00. The highest BCUT2D eigenvalue weighted by Crippen LogP contribution is 2.36. The number of fused-ring (bicyclic) bond motifs is 3. The fourth-order valence-electron chi connectivity index (χ4n) is 3.66. The molecule has 4 rings (SSSR count). The summed E-state index contributed by atoms with van der Waals surface area (Å²) in [5, 5.41) is 12.4. The Bertz CT molecular complexity index is 896. The van der Waals surface area contributed by atoms with Gasteiger partial charge in [-0.15, -0.1) is 10.2 Å². The van der Waals surface area contributed by atoms with E-state index in [1.54, 1.807) is 16.8 Å². The summed E-state index contributed by atoms with van der Waals surface area (Å²) >= 11 is 0. The van der Waals surface area contributed by atoms with Gasteiger partial charge in [-0.25, -0.2) is 4.52 Å². The van der Waals surface area contributed by atoms with Gasteiger partial charge in [0.05, 0.1) is 6.20 Å². The molecule has 6 heteroatoms. The molecule has 1 aliphatic rings. The molecule has 0 aliphatic heterocycles. The van der Waals surface area contributed by atoms with Crippen molar-refractivity contribution < 1.29 is 0 Å². The summed E-state index contributed by atoms with van der Waals surface area (Å²) in [5.74, 6) is 1.13. The van der Waals surface area contributed by atoms with Crippen molar-refractivity contribution in [2.24, 2.45) is 11.8 Å². The third-order valence-corrected chi connectivity index (χ3v) is 5.20. The van der Waals surface area contributed by atoms with Crippen molar-refractivity contribution in [2.75, 3.05) is 0 Å². The van der Waals surface area contributed by atoms with Crippen LogP contribution in [0.4, 0.5) is 0 Å². The van der Waals surface area contributed by atoms with E-state index in [0.717, 1.165) is 6.42 Å². The Morgan fingerprint density at radius 1 is 1.18 bits per heavy atom. The summed E-state index contributed by atoms with van der Waals surface area (Å²) in [6, 6.07) is 3.95. The molecule has 0 amide bonds. The van der Waals surface area contributed by atoms with E-state index in [4.69, 9.17) is 0 Å². The lowest BCUT2D eigenvalue weighted by Crippen LogP contribution is -2.34. The van der Waals surface area contributed by atoms with E-state index in [9.17, 15) is 4.79 Å². The lowest BCUT2D eigenvalue weighted by Gasteiger charge is -2.35. The van der Waals surface area contributed by atoms with E-state index in [-0.39, 0.29) is 11.6 Å². The highest BCUT2D eigenvalue weighted by Gasteiger charge is 2.29. The number of pyridine rings is 1. The third-order valence-electron chi connectivity index (χ3n) is 5.20. The largest absolute Gasteiger partial charge is 0.310 e. The van der Waals surface area contributed by atoms with Gasteiger partial charge in [0.25, 0.3) is 5.56 Å². The monoisotopic (exact) mass is 297 g/mol. The van der Waals surface area contributed by atoms with E-state index >= 15 is 0 Å². The van der Waals surface area contributed by atoms with Crippen LogP contribution in [-0.4, -0.2) is 24.4 Å². The number of nitrogens with zero attached hydrogens (tertiary/aromatic N) is 5. The minimum absolute atomic E-state index is 0.0617. The minimum atomic E-state index is -0.0617. The second kappa shape index (κ2) is 4.90. The fourth-order valence-corrected chi connectivity index (χ4v) is 3.66. The van der Waals surface area contributed by atoms with Gasteiger partial charge in [0, 0.05) is 18.3 Å². The average molecular weight is 297 g/mol. The molecule has 0 bridgehead atoms. The summed E-state index contributed by atoms with van der Waals surface area (Å²) in [7, 11) is 0. The predicted octanol–water partition coefficient (Wildman–Crippen LogP) is 2.44. The Morgan fingerprint density at radius 2 is 2.05 bits per heavy atom. The first-order chi connectivity index (χ1) is 10.7. The van der Waals surface area contributed by atoms with Gasteiger partial charge in [-0.1, -0.05) is 26.7 Å². The van der Waals surface area contributed by atoms with Crippen molar-refractivity contribution in [1.82, 2.24) is 24.4 Å². The van der Waals surface area contributed by atoms with Crippen molar-refractivity contribution in [3.63, 3.8) is 0 Å². The molecule has 6 nitrogen and oxygen atoms in total. The van der Waals surface area contributed by atoms with Crippen LogP contribution in [0.5, 0.6) is 0 Å². The van der Waals surface area contributed by atoms with Crippen molar-refractivity contribution in [3.8, 4) is 0 Å². The third kappa shape index (κ3) is 1.86. The first kappa shape index (κ1) is 13.4. The van der Waals surface area contributed by atoms with Gasteiger partial charge in [-0.3, -0.25) is 4.79 Å². The van der Waals surface area contributed by atoms with E-state index in [0.29, 0.717) is 28.5 Å². The quantitative estimate of drug-likeness (QED) is 0.692. The van der Waals surface area contributed by atoms with Crippen molar-refractivity contribution in [1.29, 1.82) is 0 Å². The summed E-state index contributed by atoms with van der Waals surface area (Å²) in [6.07, 6.45) is 7.03. The van der Waals surface area contributed by atoms with Crippen LogP contribution in [0.25, 0.3) is 16.7 Å². The van der Waals surface area contributed by atoms with Crippen LogP contribution in [-0.2, 0) is 0 Å². The van der Waals surface area contributed by atoms with Gasteiger partial charge in [-0.2, -0.15) is 5.10 Å². The molecule has 3 aromatic heterocycles. The molecular formula is C16H19N5O. The van der Waals surface area contributed by atoms with Gasteiger partial charge < -0.3 is 4.57 Å². The normalized spacial score (nSPS) is 25.8. The van der Waals surface area contributed by atoms with Crippen LogP contribution < -0.4 is 5.56 Å². The number of hydrogen-bond donors (Lipinski definition) is 0. The molecule has 3 atom stereocenters. The van der Waals surface area contributed by atoms with Gasteiger partial charge in [0.1, 0.15) is 5.52 Å². The topological polar surface area (TPSA) is 65.1 Å². The molecule has 22 heavy (non-hydrogen) atoms.